The van der Waals surface area contributed by atoms with Gasteiger partial charge in [0.1, 0.15) is 5.76 Å². The summed E-state index contributed by atoms with van der Waals surface area (Å²) in [6.07, 6.45) is 4.91. The first kappa shape index (κ1) is 14.4. The van der Waals surface area contributed by atoms with Gasteiger partial charge in [0.2, 0.25) is 5.95 Å². The van der Waals surface area contributed by atoms with E-state index in [-0.39, 0.29) is 5.91 Å². The number of aromatic nitrogens is 2. The molecule has 1 N–H and O–H groups in total. The standard InChI is InChI=1S/C16H14ClN3O2/c1-11-13(6-9-22-11)15(21)19-16-18-7-8-20(16)10-12-4-2-3-5-14(12)17/h2-9H,10H2,1H3,(H,18,19,21). The SMILES string of the molecule is Cc1occc1C(=O)Nc1nccn1Cc1ccccc1Cl. The van der Waals surface area contributed by atoms with Crippen LogP contribution in [0.2, 0.25) is 5.02 Å². The molecule has 0 saturated heterocycles. The maximum atomic E-state index is 12.2. The van der Waals surface area contributed by atoms with Gasteiger partial charge in [-0.25, -0.2) is 4.98 Å². The number of hydrogen-bond acceptors (Lipinski definition) is 3. The van der Waals surface area contributed by atoms with E-state index in [1.807, 2.05) is 28.8 Å². The van der Waals surface area contributed by atoms with Gasteiger partial charge in [-0.3, -0.25) is 10.1 Å². The highest BCUT2D eigenvalue weighted by atomic mass is 35.5. The zero-order chi connectivity index (χ0) is 15.5. The average Bonchev–Trinajstić information content (AvgIpc) is 3.11. The van der Waals surface area contributed by atoms with Crippen LogP contribution in [0.15, 0.2) is 53.4 Å². The Balaban J connectivity index is 1.80. The number of hydrogen-bond donors (Lipinski definition) is 1. The van der Waals surface area contributed by atoms with Crippen molar-refractivity contribution in [3.63, 3.8) is 0 Å². The number of amides is 1. The molecule has 112 valence electrons. The molecule has 0 atom stereocenters. The number of carbonyl (C=O) groups excluding carboxylic acids is 1. The van der Waals surface area contributed by atoms with Crippen molar-refractivity contribution in [2.24, 2.45) is 0 Å². The number of anilines is 1. The molecule has 0 fully saturated rings. The first-order valence-electron chi connectivity index (χ1n) is 6.75. The van der Waals surface area contributed by atoms with Gasteiger partial charge in [0.25, 0.3) is 5.91 Å². The highest BCUT2D eigenvalue weighted by molar-refractivity contribution is 6.31. The van der Waals surface area contributed by atoms with Crippen LogP contribution in [0, 0.1) is 6.92 Å². The third kappa shape index (κ3) is 2.89. The van der Waals surface area contributed by atoms with E-state index in [0.29, 0.717) is 28.8 Å². The van der Waals surface area contributed by atoms with E-state index in [4.69, 9.17) is 16.0 Å². The first-order chi connectivity index (χ1) is 10.6. The van der Waals surface area contributed by atoms with Crippen LogP contribution in [0.5, 0.6) is 0 Å². The summed E-state index contributed by atoms with van der Waals surface area (Å²) in [5.74, 6) is 0.782. The molecule has 3 aromatic rings. The minimum atomic E-state index is -0.252. The molecule has 3 rings (SSSR count). The van der Waals surface area contributed by atoms with Crippen LogP contribution >= 0.6 is 11.6 Å². The molecular weight excluding hydrogens is 302 g/mol. The summed E-state index contributed by atoms with van der Waals surface area (Å²) in [4.78, 5) is 16.4. The van der Waals surface area contributed by atoms with E-state index >= 15 is 0 Å². The fraction of sp³-hybridized carbons (Fsp3) is 0.125. The Morgan fingerprint density at radius 3 is 2.91 bits per heavy atom. The van der Waals surface area contributed by atoms with Crippen molar-refractivity contribution in [2.75, 3.05) is 5.32 Å². The molecule has 0 aliphatic rings. The van der Waals surface area contributed by atoms with Crippen molar-refractivity contribution in [2.45, 2.75) is 13.5 Å². The molecule has 2 heterocycles. The summed E-state index contributed by atoms with van der Waals surface area (Å²) in [5.41, 5.74) is 1.45. The van der Waals surface area contributed by atoms with Gasteiger partial charge in [-0.05, 0) is 24.6 Å². The Morgan fingerprint density at radius 2 is 2.18 bits per heavy atom. The van der Waals surface area contributed by atoms with Crippen molar-refractivity contribution >= 4 is 23.5 Å². The Hall–Kier alpha value is -2.53. The first-order valence-corrected chi connectivity index (χ1v) is 7.13. The molecule has 0 unspecified atom stereocenters. The summed E-state index contributed by atoms with van der Waals surface area (Å²) in [5, 5.41) is 3.46. The van der Waals surface area contributed by atoms with Crippen LogP contribution in [-0.4, -0.2) is 15.5 Å². The van der Waals surface area contributed by atoms with Gasteiger partial charge in [-0.1, -0.05) is 29.8 Å². The summed E-state index contributed by atoms with van der Waals surface area (Å²) in [6, 6.07) is 9.20. The lowest BCUT2D eigenvalue weighted by atomic mass is 10.2. The molecule has 1 aromatic carbocycles. The topological polar surface area (TPSA) is 60.1 Å². The van der Waals surface area contributed by atoms with Gasteiger partial charge >= 0.3 is 0 Å². The lowest BCUT2D eigenvalue weighted by Gasteiger charge is -2.10. The molecule has 0 saturated carbocycles. The third-order valence-electron chi connectivity index (χ3n) is 3.34. The molecule has 22 heavy (non-hydrogen) atoms. The van der Waals surface area contributed by atoms with Crippen LogP contribution < -0.4 is 5.32 Å². The van der Waals surface area contributed by atoms with Crippen LogP contribution in [0.4, 0.5) is 5.95 Å². The number of nitrogens with zero attached hydrogens (tertiary/aromatic N) is 2. The highest BCUT2D eigenvalue weighted by Gasteiger charge is 2.14. The summed E-state index contributed by atoms with van der Waals surface area (Å²) < 4.78 is 6.97. The van der Waals surface area contributed by atoms with Crippen molar-refractivity contribution < 1.29 is 9.21 Å². The molecule has 1 amide bonds. The van der Waals surface area contributed by atoms with Gasteiger partial charge in [0.05, 0.1) is 18.4 Å². The van der Waals surface area contributed by atoms with Gasteiger partial charge in [-0.15, -0.1) is 0 Å². The van der Waals surface area contributed by atoms with Crippen molar-refractivity contribution in [3.05, 3.63) is 70.9 Å². The second-order valence-electron chi connectivity index (χ2n) is 4.81. The number of benzene rings is 1. The normalized spacial score (nSPS) is 10.6. The van der Waals surface area contributed by atoms with Crippen LogP contribution in [-0.2, 0) is 6.54 Å². The minimum absolute atomic E-state index is 0.252. The summed E-state index contributed by atoms with van der Waals surface area (Å²) >= 11 is 6.17. The molecule has 6 heteroatoms. The summed E-state index contributed by atoms with van der Waals surface area (Å²) in [6.45, 7) is 2.27. The van der Waals surface area contributed by atoms with Gasteiger partial charge in [0, 0.05) is 17.4 Å². The number of imidazole rings is 1. The maximum Gasteiger partial charge on any atom is 0.261 e. The molecule has 0 aliphatic carbocycles. The Morgan fingerprint density at radius 1 is 1.36 bits per heavy atom. The fourth-order valence-electron chi connectivity index (χ4n) is 2.16. The van der Waals surface area contributed by atoms with E-state index in [9.17, 15) is 4.79 Å². The maximum absolute atomic E-state index is 12.2. The fourth-order valence-corrected chi connectivity index (χ4v) is 2.36. The number of aryl methyl sites for hydroxylation is 1. The second-order valence-corrected chi connectivity index (χ2v) is 5.22. The molecule has 0 bridgehead atoms. The lowest BCUT2D eigenvalue weighted by Crippen LogP contribution is -2.16. The van der Waals surface area contributed by atoms with E-state index in [1.54, 1.807) is 25.4 Å². The Kier molecular flexibility index (Phi) is 3.98. The zero-order valence-electron chi connectivity index (χ0n) is 11.9. The van der Waals surface area contributed by atoms with Crippen molar-refractivity contribution in [3.8, 4) is 0 Å². The zero-order valence-corrected chi connectivity index (χ0v) is 12.7. The van der Waals surface area contributed by atoms with Crippen molar-refractivity contribution in [1.82, 2.24) is 9.55 Å². The van der Waals surface area contributed by atoms with Gasteiger partial charge < -0.3 is 8.98 Å². The van der Waals surface area contributed by atoms with Gasteiger partial charge in [0.15, 0.2) is 0 Å². The second kappa shape index (κ2) is 6.07. The average molecular weight is 316 g/mol. The van der Waals surface area contributed by atoms with Gasteiger partial charge in [-0.2, -0.15) is 0 Å². The quantitative estimate of drug-likeness (QED) is 0.798. The van der Waals surface area contributed by atoms with E-state index in [2.05, 4.69) is 10.3 Å². The van der Waals surface area contributed by atoms with Crippen LogP contribution in [0.25, 0.3) is 0 Å². The van der Waals surface area contributed by atoms with E-state index in [1.165, 1.54) is 6.26 Å². The van der Waals surface area contributed by atoms with Crippen LogP contribution in [0.1, 0.15) is 21.7 Å². The molecule has 2 aromatic heterocycles. The number of rotatable bonds is 4. The number of nitrogens with one attached hydrogen (secondary N) is 1. The molecule has 0 spiro atoms. The molecule has 5 nitrogen and oxygen atoms in total. The number of carbonyl (C=O) groups is 1. The monoisotopic (exact) mass is 315 g/mol. The largest absolute Gasteiger partial charge is 0.469 e. The smallest absolute Gasteiger partial charge is 0.261 e. The molecule has 0 radical (unpaired) electrons. The predicted molar refractivity (Wildman–Crippen MR) is 84.2 cm³/mol. The highest BCUT2D eigenvalue weighted by Crippen LogP contribution is 2.18. The van der Waals surface area contributed by atoms with Crippen molar-refractivity contribution in [1.29, 1.82) is 0 Å². The number of furan rings is 1. The van der Waals surface area contributed by atoms with E-state index < -0.39 is 0 Å². The Labute approximate surface area is 132 Å². The number of halogens is 1. The lowest BCUT2D eigenvalue weighted by molar-refractivity contribution is 0.102. The van der Waals surface area contributed by atoms with E-state index in [0.717, 1.165) is 5.56 Å². The molecule has 0 aliphatic heterocycles. The van der Waals surface area contributed by atoms with Crippen LogP contribution in [0.3, 0.4) is 0 Å². The Bertz CT molecular complexity index is 807. The predicted octanol–water partition coefficient (Wildman–Crippen LogP) is 3.74. The molecular formula is C16H14ClN3O2. The third-order valence-corrected chi connectivity index (χ3v) is 3.71. The minimum Gasteiger partial charge on any atom is -0.469 e. The summed E-state index contributed by atoms with van der Waals surface area (Å²) in [7, 11) is 0.